The molecule has 8 heteroatoms. The van der Waals surface area contributed by atoms with E-state index in [4.69, 9.17) is 9.15 Å². The first-order chi connectivity index (χ1) is 16.9. The van der Waals surface area contributed by atoms with Gasteiger partial charge in [-0.2, -0.15) is 0 Å². The minimum Gasteiger partial charge on any atom is -0.450 e. The molecule has 0 bridgehead atoms. The molecule has 1 aliphatic carbocycles. The fourth-order valence-corrected chi connectivity index (χ4v) is 6.56. The molecule has 1 aromatic heterocycles. The lowest BCUT2D eigenvalue weighted by molar-refractivity contribution is 0.0302. The number of nitrogens with zero attached hydrogens (tertiary/aromatic N) is 4. The molecule has 0 atom stereocenters. The van der Waals surface area contributed by atoms with E-state index in [1.165, 1.54) is 11.1 Å². The number of piperidine rings is 2. The van der Waals surface area contributed by atoms with Crippen LogP contribution in [0.3, 0.4) is 0 Å². The van der Waals surface area contributed by atoms with Crippen molar-refractivity contribution in [1.82, 2.24) is 19.7 Å². The van der Waals surface area contributed by atoms with Gasteiger partial charge in [-0.15, -0.1) is 0 Å². The predicted molar refractivity (Wildman–Crippen MR) is 132 cm³/mol. The molecule has 0 N–H and O–H groups in total. The number of fused-ring (bicyclic) bond motifs is 1. The molecule has 0 radical (unpaired) electrons. The number of hydrogen-bond acceptors (Lipinski definition) is 6. The number of aryl methyl sites for hydroxylation is 2. The molecule has 2 amide bonds. The van der Waals surface area contributed by atoms with Crippen molar-refractivity contribution in [3.8, 4) is 0 Å². The molecule has 1 aromatic rings. The van der Waals surface area contributed by atoms with E-state index in [1.807, 2.05) is 23.6 Å². The lowest BCUT2D eigenvalue weighted by Crippen LogP contribution is -2.55. The van der Waals surface area contributed by atoms with Gasteiger partial charge in [-0.05, 0) is 76.6 Å². The van der Waals surface area contributed by atoms with Gasteiger partial charge < -0.3 is 23.9 Å². The minimum absolute atomic E-state index is 0.00593. The third-order valence-corrected chi connectivity index (χ3v) is 8.38. The first-order valence-corrected chi connectivity index (χ1v) is 13.2. The molecule has 3 aliphatic heterocycles. The molecular formula is C27H38N4O4. The fraction of sp³-hybridized carbons (Fsp3) is 0.667. The Morgan fingerprint density at radius 1 is 1.14 bits per heavy atom. The third kappa shape index (κ3) is 4.65. The number of amides is 2. The van der Waals surface area contributed by atoms with Crippen LogP contribution < -0.4 is 0 Å². The second kappa shape index (κ2) is 9.80. The molecule has 2 fully saturated rings. The van der Waals surface area contributed by atoms with Crippen LogP contribution in [0.25, 0.3) is 0 Å². The summed E-state index contributed by atoms with van der Waals surface area (Å²) in [4.78, 5) is 36.4. The molecule has 5 rings (SSSR count). The number of hydrogen-bond donors (Lipinski definition) is 0. The molecule has 8 nitrogen and oxygen atoms in total. The number of oxazole rings is 1. The molecule has 4 aliphatic rings. The first-order valence-electron chi connectivity index (χ1n) is 13.2. The Labute approximate surface area is 208 Å². The average Bonchev–Trinajstić information content (AvgIpc) is 3.22. The summed E-state index contributed by atoms with van der Waals surface area (Å²) in [7, 11) is 0. The summed E-state index contributed by atoms with van der Waals surface area (Å²) in [6, 6.07) is 0.510. The number of allylic oxidation sites excluding steroid dienone is 2. The highest BCUT2D eigenvalue weighted by molar-refractivity contribution is 5.93. The number of aromatic nitrogens is 1. The Hall–Kier alpha value is -2.61. The van der Waals surface area contributed by atoms with Crippen molar-refractivity contribution in [3.05, 3.63) is 40.6 Å². The Balaban J connectivity index is 1.28. The van der Waals surface area contributed by atoms with Crippen molar-refractivity contribution in [2.24, 2.45) is 5.41 Å². The van der Waals surface area contributed by atoms with Crippen molar-refractivity contribution >= 4 is 12.0 Å². The van der Waals surface area contributed by atoms with Gasteiger partial charge in [0.05, 0.1) is 6.61 Å². The van der Waals surface area contributed by atoms with Crippen LogP contribution in [0.4, 0.5) is 4.79 Å². The van der Waals surface area contributed by atoms with Crippen molar-refractivity contribution in [3.63, 3.8) is 0 Å². The molecule has 35 heavy (non-hydrogen) atoms. The van der Waals surface area contributed by atoms with E-state index in [2.05, 4.69) is 22.0 Å². The summed E-state index contributed by atoms with van der Waals surface area (Å²) in [5.41, 5.74) is 3.37. The zero-order chi connectivity index (χ0) is 24.6. The summed E-state index contributed by atoms with van der Waals surface area (Å²) in [5, 5.41) is 0. The monoisotopic (exact) mass is 482 g/mol. The van der Waals surface area contributed by atoms with E-state index in [-0.39, 0.29) is 17.4 Å². The molecule has 0 unspecified atom stereocenters. The van der Waals surface area contributed by atoms with Gasteiger partial charge in [0.1, 0.15) is 5.76 Å². The standard InChI is InChI=1S/C27H38N4O4/c1-4-34-26(33)30-13-9-22(10-14-30)29-15-11-27(12-16-29)18-31(17-21-7-5-6-8-23(21)27)25(32)24-19(2)35-20(3)28-24/h6,8,22H,4-5,7,9-18H2,1-3H3. The van der Waals surface area contributed by atoms with Crippen LogP contribution >= 0.6 is 0 Å². The average molecular weight is 483 g/mol. The summed E-state index contributed by atoms with van der Waals surface area (Å²) in [6.45, 7) is 10.9. The van der Waals surface area contributed by atoms with Crippen molar-refractivity contribution in [2.75, 3.05) is 45.9 Å². The maximum absolute atomic E-state index is 13.5. The molecular weight excluding hydrogens is 444 g/mol. The van der Waals surface area contributed by atoms with Crippen LogP contribution in [0.15, 0.2) is 27.7 Å². The zero-order valence-corrected chi connectivity index (χ0v) is 21.3. The predicted octanol–water partition coefficient (Wildman–Crippen LogP) is 4.10. The topological polar surface area (TPSA) is 79.1 Å². The summed E-state index contributed by atoms with van der Waals surface area (Å²) in [5.74, 6) is 1.14. The summed E-state index contributed by atoms with van der Waals surface area (Å²) in [6.07, 6.45) is 10.6. The van der Waals surface area contributed by atoms with E-state index in [9.17, 15) is 9.59 Å². The van der Waals surface area contributed by atoms with Crippen LogP contribution in [-0.2, 0) is 4.74 Å². The van der Waals surface area contributed by atoms with Crippen LogP contribution in [0.1, 0.15) is 67.6 Å². The van der Waals surface area contributed by atoms with E-state index in [0.29, 0.717) is 36.5 Å². The normalized spacial score (nSPS) is 23.1. The number of rotatable bonds is 3. The fourth-order valence-electron chi connectivity index (χ4n) is 6.56. The number of carbonyl (C=O) groups is 2. The van der Waals surface area contributed by atoms with E-state index < -0.39 is 0 Å². The van der Waals surface area contributed by atoms with Crippen LogP contribution in [0.2, 0.25) is 0 Å². The van der Waals surface area contributed by atoms with E-state index >= 15 is 0 Å². The summed E-state index contributed by atoms with van der Waals surface area (Å²) >= 11 is 0. The zero-order valence-electron chi connectivity index (χ0n) is 21.3. The molecule has 190 valence electrons. The van der Waals surface area contributed by atoms with E-state index in [1.54, 1.807) is 6.92 Å². The highest BCUT2D eigenvalue weighted by atomic mass is 16.6. The van der Waals surface area contributed by atoms with Gasteiger partial charge in [-0.3, -0.25) is 4.79 Å². The van der Waals surface area contributed by atoms with Gasteiger partial charge in [0, 0.05) is 44.6 Å². The lowest BCUT2D eigenvalue weighted by Gasteiger charge is -2.51. The number of carbonyl (C=O) groups excluding carboxylic acids is 2. The van der Waals surface area contributed by atoms with Gasteiger partial charge in [0.25, 0.3) is 5.91 Å². The van der Waals surface area contributed by atoms with Crippen LogP contribution in [0.5, 0.6) is 0 Å². The lowest BCUT2D eigenvalue weighted by atomic mass is 9.66. The van der Waals surface area contributed by atoms with Crippen molar-refractivity contribution in [1.29, 1.82) is 0 Å². The SMILES string of the molecule is CCOC(=O)N1CCC(N2CCC3(CC2)CN(C(=O)c2nc(C)oc2C)CC2=C3C=CCC2)CC1. The largest absolute Gasteiger partial charge is 0.450 e. The Morgan fingerprint density at radius 3 is 2.54 bits per heavy atom. The maximum Gasteiger partial charge on any atom is 0.409 e. The van der Waals surface area contributed by atoms with Gasteiger partial charge in [-0.25, -0.2) is 9.78 Å². The van der Waals surface area contributed by atoms with Crippen LogP contribution in [-0.4, -0.2) is 83.6 Å². The second-order valence-corrected chi connectivity index (χ2v) is 10.5. The molecule has 4 heterocycles. The van der Waals surface area contributed by atoms with Crippen molar-refractivity contribution in [2.45, 2.75) is 65.3 Å². The quantitative estimate of drug-likeness (QED) is 0.646. The molecule has 2 saturated heterocycles. The van der Waals surface area contributed by atoms with Crippen molar-refractivity contribution < 1.29 is 18.7 Å². The Bertz CT molecular complexity index is 1030. The molecule has 0 saturated carbocycles. The minimum atomic E-state index is -0.184. The summed E-state index contributed by atoms with van der Waals surface area (Å²) < 4.78 is 10.7. The van der Waals surface area contributed by atoms with Gasteiger partial charge in [0.15, 0.2) is 11.6 Å². The highest BCUT2D eigenvalue weighted by Gasteiger charge is 2.45. The van der Waals surface area contributed by atoms with Gasteiger partial charge in [0.2, 0.25) is 0 Å². The molecule has 1 spiro atoms. The first kappa shape index (κ1) is 24.1. The Kier molecular flexibility index (Phi) is 6.75. The maximum atomic E-state index is 13.5. The van der Waals surface area contributed by atoms with Gasteiger partial charge >= 0.3 is 6.09 Å². The van der Waals surface area contributed by atoms with E-state index in [0.717, 1.165) is 71.2 Å². The number of ether oxygens (including phenoxy) is 1. The Morgan fingerprint density at radius 2 is 1.89 bits per heavy atom. The molecule has 0 aromatic carbocycles. The third-order valence-electron chi connectivity index (χ3n) is 8.38. The highest BCUT2D eigenvalue weighted by Crippen LogP contribution is 2.47. The second-order valence-electron chi connectivity index (χ2n) is 10.5. The smallest absolute Gasteiger partial charge is 0.409 e. The number of likely N-dealkylation sites (tertiary alicyclic amines) is 2. The van der Waals surface area contributed by atoms with Gasteiger partial charge in [-0.1, -0.05) is 12.2 Å². The van der Waals surface area contributed by atoms with Crippen LogP contribution in [0, 0.1) is 19.3 Å².